The van der Waals surface area contributed by atoms with Gasteiger partial charge in [0.05, 0.1) is 6.04 Å². The third-order valence-electron chi connectivity index (χ3n) is 3.06. The van der Waals surface area contributed by atoms with Crippen LogP contribution in [-0.4, -0.2) is 58.6 Å². The maximum Gasteiger partial charge on any atom is 0.327 e. The highest BCUT2D eigenvalue weighted by Crippen LogP contribution is 2.19. The van der Waals surface area contributed by atoms with E-state index in [1.807, 2.05) is 0 Å². The number of carbonyl (C=O) groups excluding carboxylic acids is 1. The first-order valence-electron chi connectivity index (χ1n) is 5.54. The first kappa shape index (κ1) is 11.7. The highest BCUT2D eigenvalue weighted by Gasteiger charge is 2.36. The van der Waals surface area contributed by atoms with Gasteiger partial charge in [-0.25, -0.2) is 4.79 Å². The molecule has 0 aromatic rings. The van der Waals surface area contributed by atoms with Gasteiger partial charge in [-0.15, -0.1) is 0 Å². The average Bonchev–Trinajstić information content (AvgIpc) is 2.81. The molecule has 0 aromatic heterocycles. The molecule has 1 amide bonds. The van der Waals surface area contributed by atoms with E-state index in [-0.39, 0.29) is 11.9 Å². The Kier molecular flexibility index (Phi) is 3.70. The molecule has 5 nitrogen and oxygen atoms in total. The minimum absolute atomic E-state index is 0.0369. The first-order valence-corrected chi connectivity index (χ1v) is 6.70. The second-order valence-electron chi connectivity index (χ2n) is 4.11. The van der Waals surface area contributed by atoms with Crippen LogP contribution >= 0.6 is 11.8 Å². The fourth-order valence-corrected chi connectivity index (χ4v) is 3.21. The smallest absolute Gasteiger partial charge is 0.327 e. The molecule has 6 heteroatoms. The van der Waals surface area contributed by atoms with Gasteiger partial charge in [-0.3, -0.25) is 4.79 Å². The number of aliphatic carboxylic acids is 1. The lowest BCUT2D eigenvalue weighted by Crippen LogP contribution is -2.55. The van der Waals surface area contributed by atoms with E-state index < -0.39 is 12.0 Å². The van der Waals surface area contributed by atoms with Gasteiger partial charge in [0, 0.05) is 18.1 Å². The Morgan fingerprint density at radius 2 is 2.25 bits per heavy atom. The second kappa shape index (κ2) is 5.05. The number of nitrogens with one attached hydrogen (secondary N) is 1. The van der Waals surface area contributed by atoms with Crippen molar-refractivity contribution in [3.05, 3.63) is 0 Å². The zero-order valence-corrected chi connectivity index (χ0v) is 9.83. The van der Waals surface area contributed by atoms with E-state index in [4.69, 9.17) is 5.11 Å². The average molecular weight is 244 g/mol. The number of carboxylic acids is 1. The summed E-state index contributed by atoms with van der Waals surface area (Å²) >= 11 is 1.60. The molecule has 0 saturated carbocycles. The van der Waals surface area contributed by atoms with E-state index in [0.717, 1.165) is 25.1 Å². The van der Waals surface area contributed by atoms with Crippen LogP contribution in [0.2, 0.25) is 0 Å². The Morgan fingerprint density at radius 1 is 1.44 bits per heavy atom. The van der Waals surface area contributed by atoms with E-state index in [9.17, 15) is 9.59 Å². The molecule has 2 atom stereocenters. The molecule has 2 fully saturated rings. The molecule has 0 radical (unpaired) electrons. The maximum absolute atomic E-state index is 12.1. The van der Waals surface area contributed by atoms with Gasteiger partial charge in [-0.1, -0.05) is 0 Å². The van der Waals surface area contributed by atoms with Crippen LogP contribution in [0, 0.1) is 0 Å². The summed E-state index contributed by atoms with van der Waals surface area (Å²) in [6.45, 7) is 1.41. The highest BCUT2D eigenvalue weighted by atomic mass is 32.2. The minimum Gasteiger partial charge on any atom is -0.480 e. The summed E-state index contributed by atoms with van der Waals surface area (Å²) in [5, 5.41) is 12.2. The lowest BCUT2D eigenvalue weighted by atomic mass is 10.1. The summed E-state index contributed by atoms with van der Waals surface area (Å²) in [7, 11) is 0. The third kappa shape index (κ3) is 2.32. The largest absolute Gasteiger partial charge is 0.480 e. The van der Waals surface area contributed by atoms with Gasteiger partial charge in [0.2, 0.25) is 5.91 Å². The predicted octanol–water partition coefficient (Wildman–Crippen LogP) is -0.233. The van der Waals surface area contributed by atoms with Crippen LogP contribution < -0.4 is 5.32 Å². The second-order valence-corrected chi connectivity index (χ2v) is 5.26. The third-order valence-corrected chi connectivity index (χ3v) is 4.08. The van der Waals surface area contributed by atoms with Crippen molar-refractivity contribution in [3.8, 4) is 0 Å². The number of carbonyl (C=O) groups is 2. The molecule has 2 aliphatic heterocycles. The summed E-state index contributed by atoms with van der Waals surface area (Å²) in [6.07, 6.45) is 1.82. The van der Waals surface area contributed by atoms with Crippen molar-refractivity contribution in [3.63, 3.8) is 0 Å². The van der Waals surface area contributed by atoms with Crippen LogP contribution in [0.25, 0.3) is 0 Å². The molecule has 2 aliphatic rings. The Labute approximate surface area is 98.6 Å². The van der Waals surface area contributed by atoms with Crippen LogP contribution in [0.3, 0.4) is 0 Å². The van der Waals surface area contributed by atoms with Crippen molar-refractivity contribution in [1.82, 2.24) is 10.2 Å². The summed E-state index contributed by atoms with van der Waals surface area (Å²) in [4.78, 5) is 24.7. The SMILES string of the molecule is O=C(O)C1CSCCN1C(=O)C1CCCN1. The Morgan fingerprint density at radius 3 is 2.88 bits per heavy atom. The Hall–Kier alpha value is -0.750. The number of nitrogens with zero attached hydrogens (tertiary/aromatic N) is 1. The van der Waals surface area contributed by atoms with Crippen molar-refractivity contribution >= 4 is 23.6 Å². The van der Waals surface area contributed by atoms with Crippen LogP contribution in [0.4, 0.5) is 0 Å². The van der Waals surface area contributed by atoms with E-state index in [2.05, 4.69) is 5.32 Å². The molecule has 0 aliphatic carbocycles. The van der Waals surface area contributed by atoms with E-state index in [0.29, 0.717) is 12.3 Å². The molecule has 0 aromatic carbocycles. The van der Waals surface area contributed by atoms with Crippen LogP contribution in [0.5, 0.6) is 0 Å². The van der Waals surface area contributed by atoms with Gasteiger partial charge in [0.1, 0.15) is 6.04 Å². The normalized spacial score (nSPS) is 30.4. The van der Waals surface area contributed by atoms with Crippen molar-refractivity contribution in [1.29, 1.82) is 0 Å². The maximum atomic E-state index is 12.1. The standard InChI is InChI=1S/C10H16N2O3S/c13-9(7-2-1-3-11-7)12-4-5-16-6-8(12)10(14)15/h7-8,11H,1-6H2,(H,14,15). The minimum atomic E-state index is -0.890. The first-order chi connectivity index (χ1) is 7.70. The lowest BCUT2D eigenvalue weighted by molar-refractivity contribution is -0.149. The van der Waals surface area contributed by atoms with Gasteiger partial charge < -0.3 is 15.3 Å². The van der Waals surface area contributed by atoms with Crippen molar-refractivity contribution in [2.45, 2.75) is 24.9 Å². The fraction of sp³-hybridized carbons (Fsp3) is 0.800. The zero-order valence-electron chi connectivity index (χ0n) is 9.02. The van der Waals surface area contributed by atoms with E-state index in [1.165, 1.54) is 4.90 Å². The molecular weight excluding hydrogens is 228 g/mol. The molecule has 90 valence electrons. The number of hydrogen-bond donors (Lipinski definition) is 2. The zero-order chi connectivity index (χ0) is 11.5. The Bertz CT molecular complexity index is 292. The molecule has 0 spiro atoms. The summed E-state index contributed by atoms with van der Waals surface area (Å²) < 4.78 is 0. The summed E-state index contributed by atoms with van der Waals surface area (Å²) in [5.74, 6) is 0.416. The van der Waals surface area contributed by atoms with Gasteiger partial charge in [-0.05, 0) is 19.4 Å². The van der Waals surface area contributed by atoms with Gasteiger partial charge in [0.25, 0.3) is 0 Å². The van der Waals surface area contributed by atoms with Gasteiger partial charge in [-0.2, -0.15) is 11.8 Å². The molecule has 2 rings (SSSR count). The van der Waals surface area contributed by atoms with Crippen molar-refractivity contribution in [2.75, 3.05) is 24.6 Å². The molecule has 2 unspecified atom stereocenters. The van der Waals surface area contributed by atoms with Gasteiger partial charge >= 0.3 is 5.97 Å². The molecule has 2 N–H and O–H groups in total. The topological polar surface area (TPSA) is 69.6 Å². The van der Waals surface area contributed by atoms with Gasteiger partial charge in [0.15, 0.2) is 0 Å². The number of amides is 1. The number of carboxylic acid groups (broad SMARTS) is 1. The monoisotopic (exact) mass is 244 g/mol. The fourth-order valence-electron chi connectivity index (χ4n) is 2.17. The lowest BCUT2D eigenvalue weighted by Gasteiger charge is -2.34. The van der Waals surface area contributed by atoms with E-state index >= 15 is 0 Å². The van der Waals surface area contributed by atoms with E-state index in [1.54, 1.807) is 11.8 Å². The molecule has 16 heavy (non-hydrogen) atoms. The summed E-state index contributed by atoms with van der Waals surface area (Å²) in [5.41, 5.74) is 0. The molecule has 2 heterocycles. The molecule has 2 saturated heterocycles. The molecular formula is C10H16N2O3S. The number of rotatable bonds is 2. The van der Waals surface area contributed by atoms with Crippen molar-refractivity contribution in [2.24, 2.45) is 0 Å². The van der Waals surface area contributed by atoms with Crippen LogP contribution in [-0.2, 0) is 9.59 Å². The highest BCUT2D eigenvalue weighted by molar-refractivity contribution is 7.99. The van der Waals surface area contributed by atoms with Crippen LogP contribution in [0.15, 0.2) is 0 Å². The number of thioether (sulfide) groups is 1. The predicted molar refractivity (Wildman–Crippen MR) is 61.5 cm³/mol. The van der Waals surface area contributed by atoms with Crippen molar-refractivity contribution < 1.29 is 14.7 Å². The Balaban J connectivity index is 2.04. The molecule has 0 bridgehead atoms. The number of hydrogen-bond acceptors (Lipinski definition) is 4. The quantitative estimate of drug-likeness (QED) is 0.702. The summed E-state index contributed by atoms with van der Waals surface area (Å²) in [6, 6.07) is -0.807. The van der Waals surface area contributed by atoms with Crippen LogP contribution in [0.1, 0.15) is 12.8 Å².